The van der Waals surface area contributed by atoms with E-state index >= 15 is 0 Å². The van der Waals surface area contributed by atoms with Crippen LogP contribution in [-0.4, -0.2) is 62.9 Å². The molecule has 170 valence electrons. The topological polar surface area (TPSA) is 103 Å². The SMILES string of the molecule is C[N+](C)(C)CCCCCC(=O)C1CCCCC(=O)N1.Cc1ccc(S(=O)(=O)[O-])cc1. The number of amides is 1. The van der Waals surface area contributed by atoms with E-state index in [1.807, 2.05) is 6.92 Å². The number of rotatable bonds is 8. The third-order valence-electron chi connectivity index (χ3n) is 4.93. The predicted molar refractivity (Wildman–Crippen MR) is 116 cm³/mol. The molecule has 8 heteroatoms. The van der Waals surface area contributed by atoms with Crippen molar-refractivity contribution in [1.82, 2.24) is 5.32 Å². The summed E-state index contributed by atoms with van der Waals surface area (Å²) >= 11 is 0. The molecule has 0 aliphatic carbocycles. The Balaban J connectivity index is 0.000000346. The molecule has 1 unspecified atom stereocenters. The van der Waals surface area contributed by atoms with Crippen LogP contribution in [0, 0.1) is 6.92 Å². The highest BCUT2D eigenvalue weighted by Gasteiger charge is 2.22. The molecule has 1 N–H and O–H groups in total. The van der Waals surface area contributed by atoms with Crippen molar-refractivity contribution in [2.75, 3.05) is 27.7 Å². The average Bonchev–Trinajstić information content (AvgIpc) is 2.85. The number of nitrogens with one attached hydrogen (secondary N) is 1. The van der Waals surface area contributed by atoms with Crippen LogP contribution in [0.5, 0.6) is 0 Å². The standard InChI is InChI=1S/C15H28N2O2.C7H8O3S/c1-17(2,3)12-8-4-5-10-14(18)13-9-6-7-11-15(19)16-13;1-6-2-4-7(5-3-6)11(8,9)10/h13H,4-12H2,1-3H3;2-5H,1H3,(H,8,9,10). The number of hydrogen-bond donors (Lipinski definition) is 1. The summed E-state index contributed by atoms with van der Waals surface area (Å²) in [6.45, 7) is 2.97. The molecule has 1 aromatic carbocycles. The summed E-state index contributed by atoms with van der Waals surface area (Å²) in [6.07, 6.45) is 7.12. The Bertz CT molecular complexity index is 783. The molecule has 0 spiro atoms. The number of ketones is 1. The van der Waals surface area contributed by atoms with Gasteiger partial charge in [0.2, 0.25) is 5.91 Å². The van der Waals surface area contributed by atoms with Crippen LogP contribution in [0.25, 0.3) is 0 Å². The number of benzene rings is 1. The molecule has 0 saturated carbocycles. The zero-order valence-corrected chi connectivity index (χ0v) is 19.5. The van der Waals surface area contributed by atoms with Gasteiger partial charge in [0.1, 0.15) is 10.1 Å². The average molecular weight is 441 g/mol. The Kier molecular flexibility index (Phi) is 10.7. The minimum Gasteiger partial charge on any atom is -0.744 e. The van der Waals surface area contributed by atoms with Gasteiger partial charge in [0, 0.05) is 12.8 Å². The van der Waals surface area contributed by atoms with Crippen LogP contribution in [0.15, 0.2) is 29.2 Å². The van der Waals surface area contributed by atoms with E-state index in [-0.39, 0.29) is 22.6 Å². The molecule has 1 fully saturated rings. The fourth-order valence-corrected chi connectivity index (χ4v) is 3.62. The second-order valence-corrected chi connectivity index (χ2v) is 10.3. The van der Waals surface area contributed by atoms with E-state index in [4.69, 9.17) is 0 Å². The van der Waals surface area contributed by atoms with Crippen molar-refractivity contribution in [2.24, 2.45) is 0 Å². The normalized spacial score (nSPS) is 17.4. The summed E-state index contributed by atoms with van der Waals surface area (Å²) in [5.41, 5.74) is 0.928. The van der Waals surface area contributed by atoms with Gasteiger partial charge >= 0.3 is 0 Å². The molecule has 1 aliphatic rings. The van der Waals surface area contributed by atoms with Crippen molar-refractivity contribution >= 4 is 21.8 Å². The highest BCUT2D eigenvalue weighted by Crippen LogP contribution is 2.13. The van der Waals surface area contributed by atoms with Crippen molar-refractivity contribution < 1.29 is 27.0 Å². The Morgan fingerprint density at radius 3 is 2.30 bits per heavy atom. The number of aryl methyl sites for hydroxylation is 1. The lowest BCUT2D eigenvalue weighted by Gasteiger charge is -2.23. The van der Waals surface area contributed by atoms with Gasteiger partial charge in [-0.05, 0) is 51.2 Å². The van der Waals surface area contributed by atoms with E-state index in [0.717, 1.165) is 55.1 Å². The summed E-state index contributed by atoms with van der Waals surface area (Å²) in [7, 11) is 2.29. The lowest BCUT2D eigenvalue weighted by molar-refractivity contribution is -0.870. The van der Waals surface area contributed by atoms with Crippen LogP contribution in [0.2, 0.25) is 0 Å². The first-order chi connectivity index (χ1) is 13.9. The molecule has 0 bridgehead atoms. The van der Waals surface area contributed by atoms with Gasteiger partial charge in [-0.3, -0.25) is 9.59 Å². The molecule has 1 aromatic rings. The minimum absolute atomic E-state index is 0.0425. The molecular weight excluding hydrogens is 404 g/mol. The molecule has 0 radical (unpaired) electrons. The molecule has 0 aromatic heterocycles. The van der Waals surface area contributed by atoms with Gasteiger partial charge < -0.3 is 14.4 Å². The minimum atomic E-state index is -4.27. The largest absolute Gasteiger partial charge is 0.744 e. The number of nitrogens with zero attached hydrogens (tertiary/aromatic N) is 1. The summed E-state index contributed by atoms with van der Waals surface area (Å²) in [6, 6.07) is 5.57. The molecule has 1 amide bonds. The third-order valence-corrected chi connectivity index (χ3v) is 5.78. The molecule has 1 aliphatic heterocycles. The molecular formula is C22H36N2O5S. The Labute approximate surface area is 181 Å². The number of carbonyl (C=O) groups is 2. The molecule has 2 rings (SSSR count). The van der Waals surface area contributed by atoms with E-state index in [1.54, 1.807) is 12.1 Å². The van der Waals surface area contributed by atoms with Gasteiger partial charge in [-0.1, -0.05) is 24.1 Å². The lowest BCUT2D eigenvalue weighted by atomic mass is 10.0. The predicted octanol–water partition coefficient (Wildman–Crippen LogP) is 2.78. The highest BCUT2D eigenvalue weighted by molar-refractivity contribution is 7.85. The van der Waals surface area contributed by atoms with Gasteiger partial charge in [0.15, 0.2) is 5.78 Å². The monoisotopic (exact) mass is 440 g/mol. The maximum Gasteiger partial charge on any atom is 0.220 e. The van der Waals surface area contributed by atoms with Gasteiger partial charge in [0.25, 0.3) is 0 Å². The van der Waals surface area contributed by atoms with E-state index in [2.05, 4.69) is 26.5 Å². The maximum absolute atomic E-state index is 12.0. The first-order valence-corrected chi connectivity index (χ1v) is 11.9. The van der Waals surface area contributed by atoms with E-state index < -0.39 is 10.1 Å². The summed E-state index contributed by atoms with van der Waals surface area (Å²) < 4.78 is 32.1. The first kappa shape index (κ1) is 26.3. The molecule has 7 nitrogen and oxygen atoms in total. The van der Waals surface area contributed by atoms with Crippen molar-refractivity contribution in [1.29, 1.82) is 0 Å². The second kappa shape index (κ2) is 12.2. The van der Waals surface area contributed by atoms with Crippen LogP contribution in [0.4, 0.5) is 0 Å². The smallest absolute Gasteiger partial charge is 0.220 e. The maximum atomic E-state index is 12.0. The van der Waals surface area contributed by atoms with Crippen LogP contribution in [0.1, 0.15) is 56.9 Å². The van der Waals surface area contributed by atoms with E-state index in [0.29, 0.717) is 12.8 Å². The van der Waals surface area contributed by atoms with Crippen molar-refractivity contribution in [2.45, 2.75) is 69.2 Å². The van der Waals surface area contributed by atoms with Crippen molar-refractivity contribution in [3.63, 3.8) is 0 Å². The molecule has 1 saturated heterocycles. The summed E-state index contributed by atoms with van der Waals surface area (Å²) in [4.78, 5) is 23.3. The quantitative estimate of drug-likeness (QED) is 0.380. The van der Waals surface area contributed by atoms with Crippen LogP contribution < -0.4 is 5.32 Å². The van der Waals surface area contributed by atoms with Crippen LogP contribution >= 0.6 is 0 Å². The Morgan fingerprint density at radius 2 is 1.73 bits per heavy atom. The van der Waals surface area contributed by atoms with Crippen molar-refractivity contribution in [3.8, 4) is 0 Å². The number of quaternary nitrogens is 1. The molecule has 1 heterocycles. The zero-order valence-electron chi connectivity index (χ0n) is 18.6. The lowest BCUT2D eigenvalue weighted by Crippen LogP contribution is -2.39. The molecule has 30 heavy (non-hydrogen) atoms. The van der Waals surface area contributed by atoms with Crippen LogP contribution in [-0.2, 0) is 19.7 Å². The number of unbranched alkanes of at least 4 members (excludes halogenated alkanes) is 2. The van der Waals surface area contributed by atoms with Crippen molar-refractivity contribution in [3.05, 3.63) is 29.8 Å². The fourth-order valence-electron chi connectivity index (χ4n) is 3.16. The number of hydrogen-bond acceptors (Lipinski definition) is 5. The second-order valence-electron chi connectivity index (χ2n) is 8.92. The molecule has 1 atom stereocenters. The number of Topliss-reactive ketones (excluding diaryl/α,β-unsaturated/α-hetero) is 1. The van der Waals surface area contributed by atoms with Crippen LogP contribution in [0.3, 0.4) is 0 Å². The Hall–Kier alpha value is -1.77. The van der Waals surface area contributed by atoms with Gasteiger partial charge in [0.05, 0.1) is 38.6 Å². The van der Waals surface area contributed by atoms with Gasteiger partial charge in [-0.2, -0.15) is 0 Å². The van der Waals surface area contributed by atoms with E-state index in [9.17, 15) is 22.6 Å². The Morgan fingerprint density at radius 1 is 1.10 bits per heavy atom. The zero-order chi connectivity index (χ0) is 22.8. The van der Waals surface area contributed by atoms with Gasteiger partial charge in [-0.15, -0.1) is 0 Å². The summed E-state index contributed by atoms with van der Waals surface area (Å²) in [5.74, 6) is 0.265. The highest BCUT2D eigenvalue weighted by atomic mass is 32.2. The third kappa shape index (κ3) is 11.4. The van der Waals surface area contributed by atoms with Gasteiger partial charge in [-0.25, -0.2) is 8.42 Å². The summed E-state index contributed by atoms with van der Waals surface area (Å²) in [5, 5.41) is 2.85. The fraction of sp³-hybridized carbons (Fsp3) is 0.636. The first-order valence-electron chi connectivity index (χ1n) is 10.5. The number of carbonyl (C=O) groups excluding carboxylic acids is 2. The van der Waals surface area contributed by atoms with E-state index in [1.165, 1.54) is 12.1 Å².